The van der Waals surface area contributed by atoms with Gasteiger partial charge < -0.3 is 11.1 Å². The molecule has 7 nitrogen and oxygen atoms in total. The molecule has 0 aliphatic rings. The highest BCUT2D eigenvalue weighted by molar-refractivity contribution is 6.35. The molecule has 0 spiro atoms. The number of nitrogens with two attached hydrogens (primary N) is 1. The van der Waals surface area contributed by atoms with Crippen molar-refractivity contribution in [3.63, 3.8) is 0 Å². The molecular weight excluding hydrogens is 400 g/mol. The number of halogens is 1. The molecule has 0 bridgehead atoms. The fourth-order valence-corrected chi connectivity index (χ4v) is 3.66. The monoisotopic (exact) mass is 416 g/mol. The molecule has 2 aromatic carbocycles. The van der Waals surface area contributed by atoms with Crippen LogP contribution < -0.4 is 16.6 Å². The van der Waals surface area contributed by atoms with Crippen LogP contribution in [0, 0.1) is 11.3 Å². The molecule has 3 N–H and O–H groups in total. The maximum absolute atomic E-state index is 13.5. The lowest BCUT2D eigenvalue weighted by Crippen LogP contribution is -2.26. The van der Waals surface area contributed by atoms with Gasteiger partial charge in [0.25, 0.3) is 5.56 Å². The molecule has 30 heavy (non-hydrogen) atoms. The van der Waals surface area contributed by atoms with Crippen molar-refractivity contribution < 1.29 is 0 Å². The SMILES string of the molecule is C[C@H](Nc1ncnc(N)c1C#N)c1cc2cccc(Cl)c2c(=O)n1-c1ccccc1. The standard InChI is InChI=1S/C22H17ClN6O/c1-13(28-21-16(11-24)20(25)26-12-27-21)18-10-14-6-5-9-17(23)19(14)22(30)29(18)15-7-3-2-4-8-15/h2-10,12-13H,1H3,(H3,25,26,27,28)/t13-/m0/s1. The number of aromatic nitrogens is 3. The van der Waals surface area contributed by atoms with Gasteiger partial charge in [-0.25, -0.2) is 9.97 Å². The van der Waals surface area contributed by atoms with Gasteiger partial charge in [-0.15, -0.1) is 0 Å². The zero-order valence-electron chi connectivity index (χ0n) is 16.0. The van der Waals surface area contributed by atoms with E-state index in [-0.39, 0.29) is 23.0 Å². The summed E-state index contributed by atoms with van der Waals surface area (Å²) in [5.41, 5.74) is 7.11. The number of hydrogen-bond acceptors (Lipinski definition) is 6. The summed E-state index contributed by atoms with van der Waals surface area (Å²) in [5, 5.41) is 14.2. The Balaban J connectivity index is 1.93. The summed E-state index contributed by atoms with van der Waals surface area (Å²) < 4.78 is 1.61. The number of nitriles is 1. The van der Waals surface area contributed by atoms with Gasteiger partial charge >= 0.3 is 0 Å². The molecule has 8 heteroatoms. The second-order valence-corrected chi connectivity index (χ2v) is 7.12. The fraction of sp³-hybridized carbons (Fsp3) is 0.0909. The van der Waals surface area contributed by atoms with Gasteiger partial charge in [-0.05, 0) is 36.6 Å². The topological polar surface area (TPSA) is 110 Å². The maximum Gasteiger partial charge on any atom is 0.264 e. The zero-order chi connectivity index (χ0) is 21.3. The minimum absolute atomic E-state index is 0.0907. The summed E-state index contributed by atoms with van der Waals surface area (Å²) in [4.78, 5) is 21.5. The molecule has 148 valence electrons. The number of anilines is 2. The number of fused-ring (bicyclic) bond motifs is 1. The van der Waals surface area contributed by atoms with Crippen LogP contribution in [0.5, 0.6) is 0 Å². The lowest BCUT2D eigenvalue weighted by molar-refractivity contribution is 0.772. The van der Waals surface area contributed by atoms with Crippen LogP contribution in [0.2, 0.25) is 5.02 Å². The minimum atomic E-state index is -0.386. The summed E-state index contributed by atoms with van der Waals surface area (Å²) in [6.45, 7) is 1.88. The Hall–Kier alpha value is -3.89. The van der Waals surface area contributed by atoms with Crippen molar-refractivity contribution in [2.24, 2.45) is 0 Å². The van der Waals surface area contributed by atoms with Gasteiger partial charge in [0.15, 0.2) is 0 Å². The van der Waals surface area contributed by atoms with Crippen LogP contribution >= 0.6 is 11.6 Å². The second kappa shape index (κ2) is 7.85. The van der Waals surface area contributed by atoms with Crippen molar-refractivity contribution in [3.8, 4) is 11.8 Å². The van der Waals surface area contributed by atoms with Crippen molar-refractivity contribution in [2.75, 3.05) is 11.1 Å². The van der Waals surface area contributed by atoms with Crippen LogP contribution in [0.3, 0.4) is 0 Å². The third-order valence-corrected chi connectivity index (χ3v) is 5.14. The number of nitrogens with zero attached hydrogens (tertiary/aromatic N) is 4. The lowest BCUT2D eigenvalue weighted by Gasteiger charge is -2.22. The van der Waals surface area contributed by atoms with E-state index in [0.29, 0.717) is 27.6 Å². The number of nitrogen functional groups attached to an aromatic ring is 1. The van der Waals surface area contributed by atoms with E-state index in [0.717, 1.165) is 5.39 Å². The Morgan fingerprint density at radius 2 is 1.93 bits per heavy atom. The number of pyridine rings is 1. The third kappa shape index (κ3) is 3.34. The number of hydrogen-bond donors (Lipinski definition) is 2. The number of benzene rings is 2. The highest BCUT2D eigenvalue weighted by atomic mass is 35.5. The normalized spacial score (nSPS) is 11.8. The van der Waals surface area contributed by atoms with Crippen LogP contribution in [-0.2, 0) is 0 Å². The molecular formula is C22H17ClN6O. The quantitative estimate of drug-likeness (QED) is 0.519. The summed E-state index contributed by atoms with van der Waals surface area (Å²) >= 11 is 6.34. The first kappa shape index (κ1) is 19.4. The fourth-order valence-electron chi connectivity index (χ4n) is 3.40. The molecule has 4 rings (SSSR count). The Morgan fingerprint density at radius 1 is 1.17 bits per heavy atom. The van der Waals surface area contributed by atoms with E-state index in [9.17, 15) is 10.1 Å². The van der Waals surface area contributed by atoms with E-state index in [1.54, 1.807) is 16.7 Å². The summed E-state index contributed by atoms with van der Waals surface area (Å²) in [7, 11) is 0. The summed E-state index contributed by atoms with van der Waals surface area (Å²) in [6.07, 6.45) is 1.29. The number of nitrogens with one attached hydrogen (secondary N) is 1. The van der Waals surface area contributed by atoms with E-state index in [1.165, 1.54) is 6.33 Å². The number of rotatable bonds is 4. The van der Waals surface area contributed by atoms with Crippen LogP contribution in [0.15, 0.2) is 65.7 Å². The Morgan fingerprint density at radius 3 is 2.67 bits per heavy atom. The van der Waals surface area contributed by atoms with Gasteiger partial charge in [0.2, 0.25) is 0 Å². The first-order chi connectivity index (χ1) is 14.5. The third-order valence-electron chi connectivity index (χ3n) is 4.82. The van der Waals surface area contributed by atoms with Crippen molar-refractivity contribution in [3.05, 3.63) is 87.6 Å². The predicted molar refractivity (Wildman–Crippen MR) is 118 cm³/mol. The molecule has 2 heterocycles. The molecule has 0 amide bonds. The molecule has 0 saturated carbocycles. The van der Waals surface area contributed by atoms with Gasteiger partial charge in [-0.2, -0.15) is 5.26 Å². The maximum atomic E-state index is 13.5. The van der Waals surface area contributed by atoms with Crippen molar-refractivity contribution in [2.45, 2.75) is 13.0 Å². The molecule has 0 saturated heterocycles. The Bertz CT molecular complexity index is 1340. The first-order valence-corrected chi connectivity index (χ1v) is 9.55. The van der Waals surface area contributed by atoms with E-state index in [4.69, 9.17) is 17.3 Å². The summed E-state index contributed by atoms with van der Waals surface area (Å²) in [5.74, 6) is 0.392. The van der Waals surface area contributed by atoms with Crippen LogP contribution in [-0.4, -0.2) is 14.5 Å². The molecule has 0 radical (unpaired) electrons. The van der Waals surface area contributed by atoms with E-state index in [2.05, 4.69) is 15.3 Å². The van der Waals surface area contributed by atoms with Crippen LogP contribution in [0.25, 0.3) is 16.5 Å². The predicted octanol–water partition coefficient (Wildman–Crippen LogP) is 4.06. The Labute approximate surface area is 177 Å². The molecule has 0 aliphatic carbocycles. The molecule has 4 aromatic rings. The molecule has 1 atom stereocenters. The van der Waals surface area contributed by atoms with Crippen molar-refractivity contribution in [1.29, 1.82) is 5.26 Å². The number of para-hydroxylation sites is 1. The highest BCUT2D eigenvalue weighted by Gasteiger charge is 2.19. The zero-order valence-corrected chi connectivity index (χ0v) is 16.8. The van der Waals surface area contributed by atoms with E-state index >= 15 is 0 Å². The molecule has 0 fully saturated rings. The highest BCUT2D eigenvalue weighted by Crippen LogP contribution is 2.28. The summed E-state index contributed by atoms with van der Waals surface area (Å²) in [6, 6.07) is 18.2. The van der Waals surface area contributed by atoms with E-state index in [1.807, 2.05) is 55.5 Å². The van der Waals surface area contributed by atoms with Crippen molar-refractivity contribution in [1.82, 2.24) is 14.5 Å². The first-order valence-electron chi connectivity index (χ1n) is 9.18. The van der Waals surface area contributed by atoms with Gasteiger partial charge in [-0.1, -0.05) is 41.9 Å². The molecule has 0 unspecified atom stereocenters. The minimum Gasteiger partial charge on any atom is -0.382 e. The molecule has 2 aromatic heterocycles. The van der Waals surface area contributed by atoms with Gasteiger partial charge in [-0.3, -0.25) is 9.36 Å². The largest absolute Gasteiger partial charge is 0.382 e. The van der Waals surface area contributed by atoms with Gasteiger partial charge in [0.05, 0.1) is 16.5 Å². The van der Waals surface area contributed by atoms with Gasteiger partial charge in [0.1, 0.15) is 29.6 Å². The Kier molecular flexibility index (Phi) is 5.09. The van der Waals surface area contributed by atoms with E-state index < -0.39 is 0 Å². The average Bonchev–Trinajstić information content (AvgIpc) is 2.74. The van der Waals surface area contributed by atoms with Gasteiger partial charge in [0, 0.05) is 11.4 Å². The van der Waals surface area contributed by atoms with Crippen LogP contribution in [0.1, 0.15) is 24.2 Å². The smallest absolute Gasteiger partial charge is 0.264 e. The van der Waals surface area contributed by atoms with Crippen LogP contribution in [0.4, 0.5) is 11.6 Å². The average molecular weight is 417 g/mol. The van der Waals surface area contributed by atoms with Crippen molar-refractivity contribution >= 4 is 34.0 Å². The lowest BCUT2D eigenvalue weighted by atomic mass is 10.1. The molecule has 0 aliphatic heterocycles. The second-order valence-electron chi connectivity index (χ2n) is 6.71.